The highest BCUT2D eigenvalue weighted by Gasteiger charge is 2.23. The minimum atomic E-state index is -3.86. The molecule has 0 fully saturated rings. The first-order valence-electron chi connectivity index (χ1n) is 10.5. The van der Waals surface area contributed by atoms with E-state index in [1.54, 1.807) is 41.3 Å². The molecule has 0 spiro atoms. The SMILES string of the molecule is CCN(CC)C(=O)c1ccc(NC(=O)COC(=O)CN(C)S(=O)(=O)c2ccc(C)cc2)cc1. The Morgan fingerprint density at radius 2 is 1.52 bits per heavy atom. The van der Waals surface area contributed by atoms with Gasteiger partial charge in [0.25, 0.3) is 11.8 Å². The Bertz CT molecular complexity index is 1080. The quantitative estimate of drug-likeness (QED) is 0.528. The summed E-state index contributed by atoms with van der Waals surface area (Å²) in [7, 11) is -2.60. The summed E-state index contributed by atoms with van der Waals surface area (Å²) in [6.45, 7) is 5.72. The number of ether oxygens (including phenoxy) is 1. The summed E-state index contributed by atoms with van der Waals surface area (Å²) in [5.41, 5.74) is 1.85. The van der Waals surface area contributed by atoms with E-state index in [0.717, 1.165) is 9.87 Å². The lowest BCUT2D eigenvalue weighted by atomic mass is 10.2. The number of anilines is 1. The van der Waals surface area contributed by atoms with Crippen molar-refractivity contribution >= 4 is 33.5 Å². The zero-order chi connectivity index (χ0) is 24.6. The average molecular weight is 476 g/mol. The number of nitrogens with zero attached hydrogens (tertiary/aromatic N) is 2. The first-order valence-corrected chi connectivity index (χ1v) is 11.9. The maximum absolute atomic E-state index is 12.5. The molecule has 0 heterocycles. The minimum absolute atomic E-state index is 0.0593. The van der Waals surface area contributed by atoms with Crippen molar-refractivity contribution in [3.8, 4) is 0 Å². The van der Waals surface area contributed by atoms with Crippen LogP contribution in [0.1, 0.15) is 29.8 Å². The molecule has 0 aliphatic rings. The molecule has 2 aromatic carbocycles. The summed E-state index contributed by atoms with van der Waals surface area (Å²) < 4.78 is 30.8. The first kappa shape index (κ1) is 26.0. The molecule has 0 unspecified atom stereocenters. The molecule has 0 radical (unpaired) electrons. The summed E-state index contributed by atoms with van der Waals surface area (Å²) in [6.07, 6.45) is 0. The van der Waals surface area contributed by atoms with Crippen molar-refractivity contribution in [3.05, 3.63) is 59.7 Å². The molecule has 0 atom stereocenters. The number of hydrogen-bond acceptors (Lipinski definition) is 6. The molecule has 9 nitrogen and oxygen atoms in total. The second-order valence-electron chi connectivity index (χ2n) is 7.34. The predicted molar refractivity (Wildman–Crippen MR) is 124 cm³/mol. The number of rotatable bonds is 10. The predicted octanol–water partition coefficient (Wildman–Crippen LogP) is 2.28. The molecule has 178 valence electrons. The molecule has 0 aromatic heterocycles. The van der Waals surface area contributed by atoms with Crippen LogP contribution in [0, 0.1) is 6.92 Å². The van der Waals surface area contributed by atoms with Crippen LogP contribution in [0.3, 0.4) is 0 Å². The fraction of sp³-hybridized carbons (Fsp3) is 0.348. The highest BCUT2D eigenvalue weighted by atomic mass is 32.2. The summed E-state index contributed by atoms with van der Waals surface area (Å²) in [6, 6.07) is 12.6. The van der Waals surface area contributed by atoms with Gasteiger partial charge in [-0.15, -0.1) is 0 Å². The number of hydrogen-bond donors (Lipinski definition) is 1. The maximum Gasteiger partial charge on any atom is 0.321 e. The Hall–Kier alpha value is -3.24. The molecule has 33 heavy (non-hydrogen) atoms. The highest BCUT2D eigenvalue weighted by molar-refractivity contribution is 7.89. The summed E-state index contributed by atoms with van der Waals surface area (Å²) in [5, 5.41) is 2.56. The van der Waals surface area contributed by atoms with Gasteiger partial charge in [-0.05, 0) is 57.2 Å². The zero-order valence-corrected chi connectivity index (χ0v) is 20.0. The van der Waals surface area contributed by atoms with Crippen molar-refractivity contribution in [2.24, 2.45) is 0 Å². The van der Waals surface area contributed by atoms with Gasteiger partial charge < -0.3 is 15.0 Å². The fourth-order valence-corrected chi connectivity index (χ4v) is 4.05. The molecule has 2 amide bonds. The van der Waals surface area contributed by atoms with Gasteiger partial charge in [-0.25, -0.2) is 8.42 Å². The summed E-state index contributed by atoms with van der Waals surface area (Å²) in [4.78, 5) is 38.2. The van der Waals surface area contributed by atoms with Crippen molar-refractivity contribution in [1.82, 2.24) is 9.21 Å². The van der Waals surface area contributed by atoms with Crippen molar-refractivity contribution in [2.75, 3.05) is 38.6 Å². The third-order valence-electron chi connectivity index (χ3n) is 4.91. The number of carbonyl (C=O) groups is 3. The third-order valence-corrected chi connectivity index (χ3v) is 6.73. The number of likely N-dealkylation sites (N-methyl/N-ethyl adjacent to an activating group) is 1. The van der Waals surface area contributed by atoms with Gasteiger partial charge in [0.1, 0.15) is 6.54 Å². The lowest BCUT2D eigenvalue weighted by Crippen LogP contribution is -2.34. The summed E-state index contributed by atoms with van der Waals surface area (Å²) >= 11 is 0. The second kappa shape index (κ2) is 11.6. The Kier molecular flexibility index (Phi) is 9.12. The zero-order valence-electron chi connectivity index (χ0n) is 19.2. The molecule has 0 aliphatic carbocycles. The monoisotopic (exact) mass is 475 g/mol. The average Bonchev–Trinajstić information content (AvgIpc) is 2.79. The summed E-state index contributed by atoms with van der Waals surface area (Å²) in [5.74, 6) is -1.55. The fourth-order valence-electron chi connectivity index (χ4n) is 2.94. The van der Waals surface area contributed by atoms with E-state index in [4.69, 9.17) is 4.74 Å². The van der Waals surface area contributed by atoms with Crippen molar-refractivity contribution in [2.45, 2.75) is 25.7 Å². The largest absolute Gasteiger partial charge is 0.455 e. The Morgan fingerprint density at radius 1 is 0.939 bits per heavy atom. The molecule has 2 aromatic rings. The van der Waals surface area contributed by atoms with Crippen LogP contribution in [0.15, 0.2) is 53.4 Å². The van der Waals surface area contributed by atoms with Gasteiger partial charge in [0.05, 0.1) is 4.90 Å². The van der Waals surface area contributed by atoms with Gasteiger partial charge in [-0.2, -0.15) is 4.31 Å². The van der Waals surface area contributed by atoms with Gasteiger partial charge in [-0.3, -0.25) is 14.4 Å². The standard InChI is InChI=1S/C23H29N3O6S/c1-5-26(6-2)23(29)18-9-11-19(12-10-18)24-21(27)16-32-22(28)15-25(4)33(30,31)20-13-7-17(3)8-14-20/h7-14H,5-6,15-16H2,1-4H3,(H,24,27). The van der Waals surface area contributed by atoms with E-state index in [9.17, 15) is 22.8 Å². The lowest BCUT2D eigenvalue weighted by molar-refractivity contribution is -0.147. The number of aryl methyl sites for hydroxylation is 1. The molecule has 0 saturated heterocycles. The highest BCUT2D eigenvalue weighted by Crippen LogP contribution is 2.15. The van der Waals surface area contributed by atoms with Crippen LogP contribution < -0.4 is 5.32 Å². The van der Waals surface area contributed by atoms with Crippen LogP contribution in [0.4, 0.5) is 5.69 Å². The van der Waals surface area contributed by atoms with Crippen LogP contribution in [0.5, 0.6) is 0 Å². The van der Waals surface area contributed by atoms with Crippen LogP contribution >= 0.6 is 0 Å². The Labute approximate surface area is 194 Å². The van der Waals surface area contributed by atoms with E-state index in [1.165, 1.54) is 19.2 Å². The molecule has 2 rings (SSSR count). The van der Waals surface area contributed by atoms with E-state index in [-0.39, 0.29) is 10.8 Å². The molecule has 1 N–H and O–H groups in total. The second-order valence-corrected chi connectivity index (χ2v) is 9.38. The maximum atomic E-state index is 12.5. The van der Waals surface area contributed by atoms with Crippen LogP contribution in [0.2, 0.25) is 0 Å². The Morgan fingerprint density at radius 3 is 2.06 bits per heavy atom. The molecule has 0 bridgehead atoms. The van der Waals surface area contributed by atoms with E-state index in [2.05, 4.69) is 5.32 Å². The number of benzene rings is 2. The number of nitrogens with one attached hydrogen (secondary N) is 1. The number of sulfonamides is 1. The van der Waals surface area contributed by atoms with E-state index >= 15 is 0 Å². The molecule has 0 saturated carbocycles. The minimum Gasteiger partial charge on any atom is -0.455 e. The smallest absolute Gasteiger partial charge is 0.321 e. The molecule has 0 aliphatic heterocycles. The number of carbonyl (C=O) groups excluding carboxylic acids is 3. The van der Waals surface area contributed by atoms with E-state index in [0.29, 0.717) is 24.3 Å². The van der Waals surface area contributed by atoms with Crippen molar-refractivity contribution in [1.29, 1.82) is 0 Å². The number of amides is 2. The van der Waals surface area contributed by atoms with E-state index in [1.807, 2.05) is 20.8 Å². The molecular formula is C23H29N3O6S. The number of esters is 1. The van der Waals surface area contributed by atoms with Gasteiger partial charge in [-0.1, -0.05) is 17.7 Å². The van der Waals surface area contributed by atoms with Gasteiger partial charge in [0.2, 0.25) is 10.0 Å². The first-order chi connectivity index (χ1) is 15.6. The molecular weight excluding hydrogens is 446 g/mol. The van der Waals surface area contributed by atoms with Gasteiger partial charge in [0, 0.05) is 31.4 Å². The Balaban J connectivity index is 1.86. The van der Waals surface area contributed by atoms with Gasteiger partial charge >= 0.3 is 5.97 Å². The van der Waals surface area contributed by atoms with Crippen molar-refractivity contribution < 1.29 is 27.5 Å². The molecule has 10 heteroatoms. The topological polar surface area (TPSA) is 113 Å². The third kappa shape index (κ3) is 7.13. The van der Waals surface area contributed by atoms with Crippen molar-refractivity contribution in [3.63, 3.8) is 0 Å². The van der Waals surface area contributed by atoms with Crippen LogP contribution in [0.25, 0.3) is 0 Å². The lowest BCUT2D eigenvalue weighted by Gasteiger charge is -2.18. The van der Waals surface area contributed by atoms with Crippen LogP contribution in [-0.2, 0) is 24.3 Å². The van der Waals surface area contributed by atoms with Crippen LogP contribution in [-0.4, -0.2) is 68.7 Å². The van der Waals surface area contributed by atoms with Gasteiger partial charge in [0.15, 0.2) is 6.61 Å². The van der Waals surface area contributed by atoms with E-state index < -0.39 is 35.1 Å². The normalized spacial score (nSPS) is 11.2.